The summed E-state index contributed by atoms with van der Waals surface area (Å²) in [6.45, 7) is 12.2. The van der Waals surface area contributed by atoms with Crippen molar-refractivity contribution in [3.63, 3.8) is 0 Å². The monoisotopic (exact) mass is 221 g/mol. The highest BCUT2D eigenvalue weighted by Gasteiger charge is 2.13. The van der Waals surface area contributed by atoms with Crippen LogP contribution in [0.4, 0.5) is 0 Å². The van der Waals surface area contributed by atoms with Crippen molar-refractivity contribution in [2.75, 3.05) is 6.54 Å². The summed E-state index contributed by atoms with van der Waals surface area (Å²) in [5, 5.41) is 8.02. The predicted octanol–water partition coefficient (Wildman–Crippen LogP) is 2.69. The molecule has 0 aliphatic rings. The van der Waals surface area contributed by atoms with E-state index < -0.39 is 0 Å². The van der Waals surface area contributed by atoms with Crippen LogP contribution < -0.4 is 5.32 Å². The summed E-state index contributed by atoms with van der Waals surface area (Å²) in [6.07, 6.45) is 4.07. The Hall–Kier alpha value is -1.09. The number of nitrogens with zero attached hydrogens (tertiary/aromatic N) is 2. The highest BCUT2D eigenvalue weighted by molar-refractivity contribution is 5.18. The van der Waals surface area contributed by atoms with E-state index in [0.717, 1.165) is 31.6 Å². The molecule has 0 aromatic carbocycles. The molecule has 0 aliphatic heterocycles. The van der Waals surface area contributed by atoms with Gasteiger partial charge in [0.05, 0.1) is 17.4 Å². The zero-order chi connectivity index (χ0) is 12.0. The molecular weight excluding hydrogens is 198 g/mol. The molecule has 1 aromatic rings. The largest absolute Gasteiger partial charge is 0.305 e. The summed E-state index contributed by atoms with van der Waals surface area (Å²) < 4.78 is 2.06. The Morgan fingerprint density at radius 2 is 2.25 bits per heavy atom. The molecule has 1 heterocycles. The van der Waals surface area contributed by atoms with Crippen molar-refractivity contribution in [3.05, 3.63) is 30.1 Å². The molecule has 16 heavy (non-hydrogen) atoms. The van der Waals surface area contributed by atoms with E-state index >= 15 is 0 Å². The van der Waals surface area contributed by atoms with Gasteiger partial charge in [-0.15, -0.1) is 6.58 Å². The number of nitrogens with one attached hydrogen (secondary N) is 1. The lowest BCUT2D eigenvalue weighted by atomic mass is 10.1. The van der Waals surface area contributed by atoms with E-state index in [2.05, 4.69) is 48.5 Å². The van der Waals surface area contributed by atoms with Crippen molar-refractivity contribution in [2.24, 2.45) is 0 Å². The Morgan fingerprint density at radius 1 is 1.50 bits per heavy atom. The normalized spacial score (nSPS) is 12.7. The Morgan fingerprint density at radius 3 is 2.75 bits per heavy atom. The van der Waals surface area contributed by atoms with Gasteiger partial charge >= 0.3 is 0 Å². The lowest BCUT2D eigenvalue weighted by molar-refractivity contribution is 0.538. The average molecular weight is 221 g/mol. The number of hydrogen-bond acceptors (Lipinski definition) is 2. The maximum Gasteiger partial charge on any atom is 0.0675 e. The summed E-state index contributed by atoms with van der Waals surface area (Å²) in [7, 11) is 0. The van der Waals surface area contributed by atoms with E-state index in [4.69, 9.17) is 0 Å². The molecule has 0 radical (unpaired) electrons. The lowest BCUT2D eigenvalue weighted by Crippen LogP contribution is -2.22. The van der Waals surface area contributed by atoms with Gasteiger partial charge in [0.1, 0.15) is 0 Å². The lowest BCUT2D eigenvalue weighted by Gasteiger charge is -2.15. The molecule has 1 rings (SSSR count). The molecule has 0 amide bonds. The molecular formula is C13H23N3. The van der Waals surface area contributed by atoms with E-state index in [1.165, 1.54) is 5.69 Å². The van der Waals surface area contributed by atoms with E-state index in [1.807, 2.05) is 6.08 Å². The minimum atomic E-state index is 0.215. The fraction of sp³-hybridized carbons (Fsp3) is 0.615. The molecule has 0 aliphatic carbocycles. The average Bonchev–Trinajstić information content (AvgIpc) is 2.73. The minimum absolute atomic E-state index is 0.215. The van der Waals surface area contributed by atoms with Gasteiger partial charge < -0.3 is 5.32 Å². The first-order valence-corrected chi connectivity index (χ1v) is 6.19. The summed E-state index contributed by atoms with van der Waals surface area (Å²) in [6, 6.07) is 2.39. The van der Waals surface area contributed by atoms with Gasteiger partial charge in [0.25, 0.3) is 0 Å². The molecule has 0 bridgehead atoms. The second kappa shape index (κ2) is 6.48. The summed E-state index contributed by atoms with van der Waals surface area (Å²) in [5.41, 5.74) is 2.38. The Bertz CT molecular complexity index is 328. The van der Waals surface area contributed by atoms with Crippen LogP contribution in [0.15, 0.2) is 18.7 Å². The Balaban J connectivity index is 2.89. The second-order valence-corrected chi connectivity index (χ2v) is 3.90. The first kappa shape index (κ1) is 13.0. The van der Waals surface area contributed by atoms with Crippen molar-refractivity contribution in [1.82, 2.24) is 15.1 Å². The first-order valence-electron chi connectivity index (χ1n) is 6.19. The van der Waals surface area contributed by atoms with Gasteiger partial charge in [-0.05, 0) is 32.4 Å². The molecule has 0 spiro atoms. The summed E-state index contributed by atoms with van der Waals surface area (Å²) >= 11 is 0. The number of hydrogen-bond donors (Lipinski definition) is 1. The van der Waals surface area contributed by atoms with Crippen molar-refractivity contribution < 1.29 is 0 Å². The molecule has 1 atom stereocenters. The van der Waals surface area contributed by atoms with Crippen LogP contribution in [0.1, 0.15) is 44.6 Å². The van der Waals surface area contributed by atoms with Gasteiger partial charge in [0.2, 0.25) is 0 Å². The Labute approximate surface area is 98.5 Å². The van der Waals surface area contributed by atoms with Gasteiger partial charge in [-0.3, -0.25) is 4.68 Å². The zero-order valence-corrected chi connectivity index (χ0v) is 10.7. The zero-order valence-electron chi connectivity index (χ0n) is 10.7. The third-order valence-corrected chi connectivity index (χ3v) is 2.69. The maximum absolute atomic E-state index is 4.55. The quantitative estimate of drug-likeness (QED) is 0.717. The SMILES string of the molecule is C=CC(NCCC)c1cc(CC)nn1CC. The fourth-order valence-corrected chi connectivity index (χ4v) is 1.77. The smallest absolute Gasteiger partial charge is 0.0675 e. The van der Waals surface area contributed by atoms with Gasteiger partial charge in [0.15, 0.2) is 0 Å². The van der Waals surface area contributed by atoms with E-state index in [1.54, 1.807) is 0 Å². The van der Waals surface area contributed by atoms with E-state index in [9.17, 15) is 0 Å². The molecule has 1 unspecified atom stereocenters. The van der Waals surface area contributed by atoms with Crippen LogP contribution in [0.2, 0.25) is 0 Å². The Kier molecular flexibility index (Phi) is 5.26. The molecule has 1 aromatic heterocycles. The van der Waals surface area contributed by atoms with Crippen LogP contribution in [0.3, 0.4) is 0 Å². The van der Waals surface area contributed by atoms with Crippen molar-refractivity contribution in [2.45, 2.75) is 46.2 Å². The van der Waals surface area contributed by atoms with Crippen LogP contribution in [0.25, 0.3) is 0 Å². The van der Waals surface area contributed by atoms with Gasteiger partial charge in [-0.25, -0.2) is 0 Å². The maximum atomic E-state index is 4.55. The van der Waals surface area contributed by atoms with E-state index in [0.29, 0.717) is 0 Å². The predicted molar refractivity (Wildman–Crippen MR) is 68.5 cm³/mol. The third-order valence-electron chi connectivity index (χ3n) is 2.69. The van der Waals surface area contributed by atoms with Crippen LogP contribution in [-0.4, -0.2) is 16.3 Å². The topological polar surface area (TPSA) is 29.9 Å². The van der Waals surface area contributed by atoms with Crippen molar-refractivity contribution >= 4 is 0 Å². The molecule has 0 fully saturated rings. The third kappa shape index (κ3) is 2.95. The van der Waals surface area contributed by atoms with Crippen molar-refractivity contribution in [1.29, 1.82) is 0 Å². The summed E-state index contributed by atoms with van der Waals surface area (Å²) in [5.74, 6) is 0. The highest BCUT2D eigenvalue weighted by Crippen LogP contribution is 2.16. The van der Waals surface area contributed by atoms with Crippen LogP contribution in [0, 0.1) is 0 Å². The number of aromatic nitrogens is 2. The van der Waals surface area contributed by atoms with Gasteiger partial charge in [-0.2, -0.15) is 5.10 Å². The number of aryl methyl sites for hydroxylation is 2. The standard InChI is InChI=1S/C13H23N3/c1-5-9-14-12(7-3)13-10-11(6-2)15-16(13)8-4/h7,10,12,14H,3,5-6,8-9H2,1-2,4H3. The molecule has 3 heteroatoms. The van der Waals surface area contributed by atoms with E-state index in [-0.39, 0.29) is 6.04 Å². The van der Waals surface area contributed by atoms with Crippen LogP contribution in [-0.2, 0) is 13.0 Å². The molecule has 1 N–H and O–H groups in total. The minimum Gasteiger partial charge on any atom is -0.305 e. The first-order chi connectivity index (χ1) is 7.76. The van der Waals surface area contributed by atoms with Gasteiger partial charge in [0, 0.05) is 6.54 Å². The highest BCUT2D eigenvalue weighted by atomic mass is 15.3. The van der Waals surface area contributed by atoms with Crippen LogP contribution in [0.5, 0.6) is 0 Å². The molecule has 3 nitrogen and oxygen atoms in total. The number of rotatable bonds is 7. The molecule has 0 saturated heterocycles. The molecule has 0 saturated carbocycles. The molecule has 90 valence electrons. The fourth-order valence-electron chi connectivity index (χ4n) is 1.77. The second-order valence-electron chi connectivity index (χ2n) is 3.90. The summed E-state index contributed by atoms with van der Waals surface area (Å²) in [4.78, 5) is 0. The van der Waals surface area contributed by atoms with Gasteiger partial charge in [-0.1, -0.05) is 19.9 Å². The van der Waals surface area contributed by atoms with Crippen LogP contribution >= 0.6 is 0 Å². The van der Waals surface area contributed by atoms with Crippen molar-refractivity contribution in [3.8, 4) is 0 Å².